The zero-order chi connectivity index (χ0) is 23.4. The molecular weight excluding hydrogens is 451 g/mol. The normalized spacial score (nSPS) is 19.5. The molecule has 0 radical (unpaired) electrons. The number of rotatable bonds is 7. The molecule has 2 aromatic rings. The van der Waals surface area contributed by atoms with E-state index in [2.05, 4.69) is 20.3 Å². The van der Waals surface area contributed by atoms with Crippen LogP contribution in [0.4, 0.5) is 14.9 Å². The number of anilines is 1. The smallest absolute Gasteiger partial charge is 0.410 e. The van der Waals surface area contributed by atoms with Crippen molar-refractivity contribution >= 4 is 23.8 Å². The van der Waals surface area contributed by atoms with Crippen molar-refractivity contribution in [2.75, 3.05) is 38.2 Å². The maximum absolute atomic E-state index is 14.6. The van der Waals surface area contributed by atoms with Crippen molar-refractivity contribution in [3.63, 3.8) is 0 Å². The molecule has 2 fully saturated rings. The molecule has 180 valence electrons. The number of likely N-dealkylation sites (tertiary alicyclic amines) is 1. The second-order valence-electron chi connectivity index (χ2n) is 8.48. The minimum absolute atomic E-state index is 0.0256. The number of amides is 1. The number of carbonyl (C=O) groups excluding carboxylic acids is 1. The van der Waals surface area contributed by atoms with Crippen LogP contribution in [0.1, 0.15) is 50.9 Å². The maximum Gasteiger partial charge on any atom is 0.410 e. The summed E-state index contributed by atoms with van der Waals surface area (Å²) in [6, 6.07) is 5.00. The molecule has 0 unspecified atom stereocenters. The molecule has 33 heavy (non-hydrogen) atoms. The van der Waals surface area contributed by atoms with Gasteiger partial charge in [-0.15, -0.1) is 10.2 Å². The molecule has 1 aromatic heterocycles. The molecule has 10 nitrogen and oxygen atoms in total. The second kappa shape index (κ2) is 10.7. The van der Waals surface area contributed by atoms with Crippen LogP contribution in [0.2, 0.25) is 0 Å². The number of piperidine rings is 1. The average Bonchev–Trinajstić information content (AvgIpc) is 3.47. The number of hydrogen-bond acceptors (Lipinski definition) is 9. The maximum atomic E-state index is 14.6. The van der Waals surface area contributed by atoms with Crippen LogP contribution in [-0.2, 0) is 14.0 Å². The van der Waals surface area contributed by atoms with Crippen LogP contribution in [-0.4, -0.2) is 70.6 Å². The summed E-state index contributed by atoms with van der Waals surface area (Å²) in [7, 11) is 1.40. The molecule has 4 rings (SSSR count). The Kier molecular flexibility index (Phi) is 7.66. The van der Waals surface area contributed by atoms with E-state index in [1.54, 1.807) is 21.8 Å². The van der Waals surface area contributed by atoms with Crippen LogP contribution in [0, 0.1) is 5.82 Å². The van der Waals surface area contributed by atoms with Gasteiger partial charge in [-0.05, 0) is 56.5 Å². The molecule has 1 aromatic carbocycles. The minimum atomic E-state index is -0.310. The highest BCUT2D eigenvalue weighted by atomic mass is 32.2. The van der Waals surface area contributed by atoms with Gasteiger partial charge in [0.1, 0.15) is 5.82 Å². The van der Waals surface area contributed by atoms with Crippen LogP contribution in [0.25, 0.3) is 0 Å². The molecule has 2 aliphatic rings. The van der Waals surface area contributed by atoms with Crippen LogP contribution in [0.5, 0.6) is 0 Å². The first-order chi connectivity index (χ1) is 15.9. The summed E-state index contributed by atoms with van der Waals surface area (Å²) in [5.74, 6) is 0.558. The molecule has 1 atom stereocenters. The Bertz CT molecular complexity index is 953. The van der Waals surface area contributed by atoms with E-state index in [1.165, 1.54) is 13.2 Å². The Morgan fingerprint density at radius 2 is 2.00 bits per heavy atom. The highest BCUT2D eigenvalue weighted by Gasteiger charge is 2.31. The van der Waals surface area contributed by atoms with E-state index >= 15 is 0 Å². The van der Waals surface area contributed by atoms with Crippen molar-refractivity contribution in [3.8, 4) is 0 Å². The molecule has 2 saturated heterocycles. The van der Waals surface area contributed by atoms with Crippen molar-refractivity contribution in [1.82, 2.24) is 25.1 Å². The summed E-state index contributed by atoms with van der Waals surface area (Å²) in [5.41, 5.74) is 0.542. The van der Waals surface area contributed by atoms with Crippen LogP contribution < -0.4 is 4.90 Å². The number of halogens is 1. The van der Waals surface area contributed by atoms with Crippen LogP contribution >= 0.6 is 12.0 Å². The van der Waals surface area contributed by atoms with Crippen molar-refractivity contribution in [1.29, 1.82) is 0 Å². The number of carbonyl (C=O) groups is 1. The summed E-state index contributed by atoms with van der Waals surface area (Å²) < 4.78 is 24.7. The zero-order valence-electron chi connectivity index (χ0n) is 19.0. The molecule has 0 saturated carbocycles. The van der Waals surface area contributed by atoms with Crippen molar-refractivity contribution in [3.05, 3.63) is 29.8 Å². The molecule has 12 heteroatoms. The summed E-state index contributed by atoms with van der Waals surface area (Å²) in [6.07, 6.45) is 1.96. The van der Waals surface area contributed by atoms with Crippen molar-refractivity contribution in [2.45, 2.75) is 56.1 Å². The second-order valence-corrected chi connectivity index (χ2v) is 9.26. The first kappa shape index (κ1) is 23.7. The average molecular weight is 481 g/mol. The van der Waals surface area contributed by atoms with Gasteiger partial charge in [-0.3, -0.25) is 0 Å². The number of tetrazole rings is 1. The Morgan fingerprint density at radius 1 is 1.21 bits per heavy atom. The van der Waals surface area contributed by atoms with Gasteiger partial charge in [0.25, 0.3) is 0 Å². The number of aromatic nitrogens is 4. The van der Waals surface area contributed by atoms with Gasteiger partial charge in [0.15, 0.2) is 5.82 Å². The van der Waals surface area contributed by atoms with Crippen molar-refractivity contribution in [2.24, 2.45) is 0 Å². The Balaban J connectivity index is 1.32. The fourth-order valence-corrected chi connectivity index (χ4v) is 4.59. The van der Waals surface area contributed by atoms with E-state index < -0.39 is 0 Å². The molecule has 0 bridgehead atoms. The van der Waals surface area contributed by atoms with Crippen molar-refractivity contribution < 1.29 is 23.1 Å². The number of ether oxygens (including phenoxy) is 1. The topological polar surface area (TPSA) is 94.8 Å². The lowest BCUT2D eigenvalue weighted by molar-refractivity contribution is -0.160. The zero-order valence-corrected chi connectivity index (χ0v) is 19.8. The minimum Gasteiger partial charge on any atom is -0.447 e. The third-order valence-electron chi connectivity index (χ3n) is 5.85. The van der Waals surface area contributed by atoms with Gasteiger partial charge in [-0.2, -0.15) is 9.13 Å². The van der Waals surface area contributed by atoms with E-state index in [0.29, 0.717) is 42.6 Å². The lowest BCUT2D eigenvalue weighted by Crippen LogP contribution is -2.39. The lowest BCUT2D eigenvalue weighted by atomic mass is 9.96. The summed E-state index contributed by atoms with van der Waals surface area (Å²) in [5, 5.41) is 13.2. The van der Waals surface area contributed by atoms with E-state index in [0.717, 1.165) is 31.3 Å². The van der Waals surface area contributed by atoms with Gasteiger partial charge in [0.05, 0.1) is 37.0 Å². The fourth-order valence-electron chi connectivity index (χ4n) is 4.17. The Hall–Kier alpha value is -2.44. The molecule has 0 N–H and O–H groups in total. The van der Waals surface area contributed by atoms with Gasteiger partial charge < -0.3 is 14.5 Å². The highest BCUT2D eigenvalue weighted by molar-refractivity contribution is 7.94. The first-order valence-electron chi connectivity index (χ1n) is 11.1. The van der Waals surface area contributed by atoms with Crippen LogP contribution in [0.15, 0.2) is 23.1 Å². The predicted molar refractivity (Wildman–Crippen MR) is 119 cm³/mol. The molecule has 0 aliphatic carbocycles. The largest absolute Gasteiger partial charge is 0.447 e. The Labute approximate surface area is 196 Å². The van der Waals surface area contributed by atoms with Gasteiger partial charge >= 0.3 is 6.09 Å². The molecule has 2 aliphatic heterocycles. The molecule has 1 amide bonds. The quantitative estimate of drug-likeness (QED) is 0.335. The first-order valence-corrected chi connectivity index (χ1v) is 11.9. The van der Waals surface area contributed by atoms with Gasteiger partial charge in [0, 0.05) is 37.0 Å². The molecular formula is C21H29FN6O4S. The van der Waals surface area contributed by atoms with E-state index in [-0.39, 0.29) is 30.0 Å². The number of benzene rings is 1. The summed E-state index contributed by atoms with van der Waals surface area (Å²) in [6.45, 7) is 6.23. The lowest BCUT2D eigenvalue weighted by Gasteiger charge is -2.30. The van der Waals surface area contributed by atoms with Gasteiger partial charge in [0.2, 0.25) is 0 Å². The third kappa shape index (κ3) is 5.74. The number of hydrogen-bond donors (Lipinski definition) is 0. The highest BCUT2D eigenvalue weighted by Crippen LogP contribution is 2.32. The van der Waals surface area contributed by atoms with E-state index in [4.69, 9.17) is 9.07 Å². The monoisotopic (exact) mass is 480 g/mol. The van der Waals surface area contributed by atoms with Gasteiger partial charge in [-0.1, -0.05) is 0 Å². The van der Waals surface area contributed by atoms with E-state index in [1.807, 2.05) is 18.7 Å². The molecule has 3 heterocycles. The molecule has 0 spiro atoms. The standard InChI is InChI=1S/C21H29FN6O4S/c1-14(2)31-21(29)26-9-6-15(7-10-26)20-23-25-28(24-20)16-8-11-27(13-16)19-5-4-17(12-18(19)22)33-32-30-3/h4-5,12,14-16H,6-11,13H2,1-3H3/t16-/m0/s1. The summed E-state index contributed by atoms with van der Waals surface area (Å²) in [4.78, 5) is 22.6. The van der Waals surface area contributed by atoms with E-state index in [9.17, 15) is 9.18 Å². The Morgan fingerprint density at radius 3 is 2.70 bits per heavy atom. The predicted octanol–water partition coefficient (Wildman–Crippen LogP) is 3.57. The fraction of sp³-hybridized carbons (Fsp3) is 0.619. The third-order valence-corrected chi connectivity index (χ3v) is 6.50. The SMILES string of the molecule is COOSc1ccc(N2CC[C@H](n3nnc(C4CCN(C(=O)OC(C)C)CC4)n3)C2)c(F)c1. The number of nitrogens with zero attached hydrogens (tertiary/aromatic N) is 6. The van der Waals surface area contributed by atoms with Gasteiger partial charge in [-0.25, -0.2) is 14.1 Å². The summed E-state index contributed by atoms with van der Waals surface area (Å²) >= 11 is 0.962. The van der Waals surface area contributed by atoms with Crippen LogP contribution in [0.3, 0.4) is 0 Å².